The summed E-state index contributed by atoms with van der Waals surface area (Å²) < 4.78 is 13.9. The number of nitrogens with one attached hydrogen (secondary N) is 1. The van der Waals surface area contributed by atoms with E-state index in [1.807, 2.05) is 0 Å². The van der Waals surface area contributed by atoms with Gasteiger partial charge in [0.15, 0.2) is 0 Å². The highest BCUT2D eigenvalue weighted by molar-refractivity contribution is 7.00. The molecule has 0 saturated heterocycles. The lowest BCUT2D eigenvalue weighted by Crippen LogP contribution is -2.10. The lowest BCUT2D eigenvalue weighted by molar-refractivity contribution is 0.141. The first-order valence-electron chi connectivity index (χ1n) is 6.16. The van der Waals surface area contributed by atoms with Gasteiger partial charge in [0.25, 0.3) is 0 Å². The van der Waals surface area contributed by atoms with Gasteiger partial charge in [-0.1, -0.05) is 36.5 Å². The van der Waals surface area contributed by atoms with Gasteiger partial charge in [0.2, 0.25) is 0 Å². The highest BCUT2D eigenvalue weighted by Crippen LogP contribution is 2.34. The molecule has 0 aliphatic heterocycles. The van der Waals surface area contributed by atoms with E-state index in [0.717, 1.165) is 42.4 Å². The molecule has 0 atom stereocenters. The average Bonchev–Trinajstić information content (AvgIpc) is 2.86. The van der Waals surface area contributed by atoms with Crippen molar-refractivity contribution in [2.24, 2.45) is 0 Å². The highest BCUT2D eigenvalue weighted by atomic mass is 35.5. The van der Waals surface area contributed by atoms with Crippen LogP contribution >= 0.6 is 34.9 Å². The summed E-state index contributed by atoms with van der Waals surface area (Å²) in [6, 6.07) is 1.69. The maximum Gasteiger partial charge on any atom is 0.130 e. The number of unbranched alkanes of at least 4 members (excludes halogenated alkanes) is 1. The predicted molar refractivity (Wildman–Crippen MR) is 81.7 cm³/mol. The molecule has 0 aliphatic carbocycles. The van der Waals surface area contributed by atoms with Crippen molar-refractivity contribution in [1.82, 2.24) is 8.75 Å². The van der Waals surface area contributed by atoms with Crippen molar-refractivity contribution in [3.63, 3.8) is 0 Å². The Kier molecular flexibility index (Phi) is 5.63. The van der Waals surface area contributed by atoms with Crippen LogP contribution in [-0.2, 0) is 4.74 Å². The number of anilines is 1. The van der Waals surface area contributed by atoms with Gasteiger partial charge in [-0.3, -0.25) is 0 Å². The minimum Gasteiger partial charge on any atom is -0.380 e. The van der Waals surface area contributed by atoms with Gasteiger partial charge in [0.1, 0.15) is 11.0 Å². The van der Waals surface area contributed by atoms with Crippen LogP contribution in [0.5, 0.6) is 0 Å². The molecule has 4 nitrogen and oxygen atoms in total. The monoisotopic (exact) mass is 319 g/mol. The Bertz CT molecular complexity index is 547. The zero-order valence-corrected chi connectivity index (χ0v) is 12.9. The van der Waals surface area contributed by atoms with E-state index >= 15 is 0 Å². The lowest BCUT2D eigenvalue weighted by Gasteiger charge is -2.09. The first kappa shape index (κ1) is 14.8. The van der Waals surface area contributed by atoms with E-state index in [4.69, 9.17) is 27.9 Å². The first-order chi connectivity index (χ1) is 9.24. The van der Waals surface area contributed by atoms with Gasteiger partial charge in [0, 0.05) is 13.2 Å². The smallest absolute Gasteiger partial charge is 0.130 e. The fourth-order valence-corrected chi connectivity index (χ4v) is 2.82. The van der Waals surface area contributed by atoms with E-state index in [2.05, 4.69) is 21.0 Å². The van der Waals surface area contributed by atoms with Crippen molar-refractivity contribution in [2.45, 2.75) is 19.8 Å². The van der Waals surface area contributed by atoms with Crippen molar-refractivity contribution in [3.8, 4) is 0 Å². The minimum absolute atomic E-state index is 0.526. The van der Waals surface area contributed by atoms with Crippen LogP contribution in [0.2, 0.25) is 10.0 Å². The molecule has 2 rings (SSSR count). The third-order valence-corrected chi connectivity index (χ3v) is 3.75. The third-order valence-electron chi connectivity index (χ3n) is 2.63. The third kappa shape index (κ3) is 3.69. The first-order valence-corrected chi connectivity index (χ1v) is 7.64. The maximum atomic E-state index is 6.18. The lowest BCUT2D eigenvalue weighted by atomic mass is 10.2. The number of nitrogens with zero attached hydrogens (tertiary/aromatic N) is 2. The van der Waals surface area contributed by atoms with E-state index in [1.54, 1.807) is 6.07 Å². The largest absolute Gasteiger partial charge is 0.380 e. The van der Waals surface area contributed by atoms with Crippen LogP contribution in [0.25, 0.3) is 11.0 Å². The van der Waals surface area contributed by atoms with Crippen LogP contribution in [-0.4, -0.2) is 28.5 Å². The summed E-state index contributed by atoms with van der Waals surface area (Å²) in [4.78, 5) is 0. The van der Waals surface area contributed by atoms with Gasteiger partial charge in [-0.25, -0.2) is 0 Å². The van der Waals surface area contributed by atoms with E-state index < -0.39 is 0 Å². The molecule has 0 fully saturated rings. The summed E-state index contributed by atoms with van der Waals surface area (Å²) in [6.07, 6.45) is 2.23. The molecule has 0 amide bonds. The Balaban J connectivity index is 1.98. The predicted octanol–water partition coefficient (Wildman–Crippen LogP) is 4.23. The van der Waals surface area contributed by atoms with Crippen LogP contribution in [0.3, 0.4) is 0 Å². The van der Waals surface area contributed by atoms with Crippen LogP contribution < -0.4 is 5.32 Å². The molecular weight excluding hydrogens is 305 g/mol. The van der Waals surface area contributed by atoms with Crippen molar-refractivity contribution in [3.05, 3.63) is 16.1 Å². The number of hydrogen-bond donors (Lipinski definition) is 1. The van der Waals surface area contributed by atoms with Crippen molar-refractivity contribution in [2.75, 3.05) is 25.1 Å². The molecule has 1 heterocycles. The number of aromatic nitrogens is 2. The van der Waals surface area contributed by atoms with Crippen LogP contribution in [0.1, 0.15) is 19.8 Å². The average molecular weight is 320 g/mol. The summed E-state index contributed by atoms with van der Waals surface area (Å²) in [6.45, 7) is 4.25. The Morgan fingerprint density at radius 1 is 1.21 bits per heavy atom. The second-order valence-electron chi connectivity index (χ2n) is 4.07. The summed E-state index contributed by atoms with van der Waals surface area (Å²) in [5.74, 6) is 0. The molecule has 1 N–H and O–H groups in total. The maximum absolute atomic E-state index is 6.18. The Morgan fingerprint density at radius 3 is 2.79 bits per heavy atom. The number of rotatable bonds is 7. The zero-order chi connectivity index (χ0) is 13.7. The van der Waals surface area contributed by atoms with Gasteiger partial charge in [-0.2, -0.15) is 8.75 Å². The van der Waals surface area contributed by atoms with Crippen LogP contribution in [0.4, 0.5) is 5.69 Å². The molecule has 7 heteroatoms. The molecule has 0 radical (unpaired) electrons. The van der Waals surface area contributed by atoms with Gasteiger partial charge in [0.05, 0.1) is 34.1 Å². The number of halogens is 2. The molecule has 0 bridgehead atoms. The van der Waals surface area contributed by atoms with Gasteiger partial charge in [-0.15, -0.1) is 0 Å². The van der Waals surface area contributed by atoms with E-state index in [-0.39, 0.29) is 0 Å². The SMILES string of the molecule is CCCCOCCNc1c(Cl)cc(Cl)c2nsnc12. The normalized spacial score (nSPS) is 11.1. The van der Waals surface area contributed by atoms with Gasteiger partial charge < -0.3 is 10.1 Å². The Morgan fingerprint density at radius 2 is 2.00 bits per heavy atom. The van der Waals surface area contributed by atoms with Crippen molar-refractivity contribution in [1.29, 1.82) is 0 Å². The van der Waals surface area contributed by atoms with E-state index in [1.165, 1.54) is 0 Å². The number of ether oxygens (including phenoxy) is 1. The minimum atomic E-state index is 0.526. The molecule has 0 spiro atoms. The summed E-state index contributed by atoms with van der Waals surface area (Å²) >= 11 is 13.4. The van der Waals surface area contributed by atoms with Crippen LogP contribution in [0.15, 0.2) is 6.07 Å². The van der Waals surface area contributed by atoms with Crippen LogP contribution in [0, 0.1) is 0 Å². The Hall–Kier alpha value is -0.620. The topological polar surface area (TPSA) is 47.0 Å². The number of hydrogen-bond acceptors (Lipinski definition) is 5. The van der Waals surface area contributed by atoms with Gasteiger partial charge >= 0.3 is 0 Å². The highest BCUT2D eigenvalue weighted by Gasteiger charge is 2.13. The fourth-order valence-electron chi connectivity index (χ4n) is 1.64. The summed E-state index contributed by atoms with van der Waals surface area (Å²) in [5.41, 5.74) is 2.18. The summed E-state index contributed by atoms with van der Waals surface area (Å²) in [5, 5.41) is 4.32. The number of benzene rings is 1. The second kappa shape index (κ2) is 7.24. The molecule has 0 saturated carbocycles. The van der Waals surface area contributed by atoms with E-state index in [9.17, 15) is 0 Å². The second-order valence-corrected chi connectivity index (χ2v) is 5.41. The van der Waals surface area contributed by atoms with Crippen molar-refractivity contribution >= 4 is 51.7 Å². The van der Waals surface area contributed by atoms with E-state index in [0.29, 0.717) is 28.7 Å². The molecule has 104 valence electrons. The quantitative estimate of drug-likeness (QED) is 0.776. The van der Waals surface area contributed by atoms with Gasteiger partial charge in [-0.05, 0) is 12.5 Å². The zero-order valence-electron chi connectivity index (χ0n) is 10.6. The Labute approximate surface area is 126 Å². The molecule has 19 heavy (non-hydrogen) atoms. The molecule has 1 aromatic carbocycles. The molecule has 2 aromatic rings. The van der Waals surface area contributed by atoms with Crippen molar-refractivity contribution < 1.29 is 4.74 Å². The number of fused-ring (bicyclic) bond motifs is 1. The molecular formula is C12H15Cl2N3OS. The standard InChI is InChI=1S/C12H15Cl2N3OS/c1-2-3-5-18-6-4-15-10-8(13)7-9(14)11-12(10)17-19-16-11/h7,15H,2-6H2,1H3. The fraction of sp³-hybridized carbons (Fsp3) is 0.500. The molecule has 0 aliphatic rings. The molecule has 0 unspecified atom stereocenters. The summed E-state index contributed by atoms with van der Waals surface area (Å²) in [7, 11) is 0. The molecule has 1 aromatic heterocycles.